The van der Waals surface area contributed by atoms with E-state index in [9.17, 15) is 9.18 Å². The van der Waals surface area contributed by atoms with Gasteiger partial charge in [-0.1, -0.05) is 41.9 Å². The maximum absolute atomic E-state index is 12.7. The van der Waals surface area contributed by atoms with Crippen LogP contribution in [-0.2, 0) is 0 Å². The van der Waals surface area contributed by atoms with Gasteiger partial charge in [0.15, 0.2) is 5.78 Å². The van der Waals surface area contributed by atoms with E-state index in [1.807, 2.05) is 0 Å². The second-order valence-corrected chi connectivity index (χ2v) is 4.20. The first kappa shape index (κ1) is 12.5. The average Bonchev–Trinajstić information content (AvgIpc) is 2.38. The lowest BCUT2D eigenvalue weighted by Crippen LogP contribution is -1.93. The highest BCUT2D eigenvalue weighted by Gasteiger charge is 2.01. The molecule has 0 heterocycles. The van der Waals surface area contributed by atoms with Gasteiger partial charge in [-0.15, -0.1) is 0 Å². The van der Waals surface area contributed by atoms with E-state index < -0.39 is 0 Å². The van der Waals surface area contributed by atoms with Crippen LogP contribution in [-0.4, -0.2) is 5.78 Å². The number of allylic oxidation sites excluding steroid dienone is 1. The summed E-state index contributed by atoms with van der Waals surface area (Å²) in [6.07, 6.45) is 3.08. The van der Waals surface area contributed by atoms with Crippen LogP contribution in [0.1, 0.15) is 15.9 Å². The fraction of sp³-hybridized carbons (Fsp3) is 0. The summed E-state index contributed by atoms with van der Waals surface area (Å²) < 4.78 is 12.7. The van der Waals surface area contributed by atoms with Crippen molar-refractivity contribution in [2.75, 3.05) is 0 Å². The summed E-state index contributed by atoms with van der Waals surface area (Å²) in [7, 11) is 0. The highest BCUT2D eigenvalue weighted by molar-refractivity contribution is 6.31. The Bertz CT molecular complexity index is 588. The Hall–Kier alpha value is -1.93. The minimum absolute atomic E-state index is 0.137. The second-order valence-electron chi connectivity index (χ2n) is 3.76. The first-order valence-corrected chi connectivity index (χ1v) is 5.76. The lowest BCUT2D eigenvalue weighted by atomic mass is 10.1. The number of rotatable bonds is 3. The molecule has 0 bridgehead atoms. The van der Waals surface area contributed by atoms with Gasteiger partial charge in [0, 0.05) is 10.6 Å². The molecule has 0 unspecified atom stereocenters. The number of benzene rings is 2. The Labute approximate surface area is 110 Å². The molecule has 90 valence electrons. The molecule has 0 radical (unpaired) electrons. The van der Waals surface area contributed by atoms with E-state index in [1.54, 1.807) is 42.5 Å². The van der Waals surface area contributed by atoms with Crippen LogP contribution < -0.4 is 0 Å². The molecular weight excluding hydrogens is 251 g/mol. The zero-order valence-corrected chi connectivity index (χ0v) is 10.2. The van der Waals surface area contributed by atoms with Gasteiger partial charge in [-0.3, -0.25) is 4.79 Å². The van der Waals surface area contributed by atoms with Crippen molar-refractivity contribution in [1.82, 2.24) is 0 Å². The van der Waals surface area contributed by atoms with Crippen molar-refractivity contribution in [2.24, 2.45) is 0 Å². The van der Waals surface area contributed by atoms with Gasteiger partial charge in [-0.2, -0.15) is 0 Å². The first-order valence-electron chi connectivity index (χ1n) is 5.39. The van der Waals surface area contributed by atoms with Crippen molar-refractivity contribution in [3.05, 3.63) is 76.6 Å². The molecule has 0 aliphatic carbocycles. The number of hydrogen-bond donors (Lipinski definition) is 0. The van der Waals surface area contributed by atoms with Crippen LogP contribution in [0.4, 0.5) is 4.39 Å². The van der Waals surface area contributed by atoms with Crippen LogP contribution in [0, 0.1) is 5.82 Å². The smallest absolute Gasteiger partial charge is 0.185 e. The third-order valence-electron chi connectivity index (χ3n) is 2.41. The van der Waals surface area contributed by atoms with Crippen LogP contribution in [0.5, 0.6) is 0 Å². The molecule has 2 aromatic carbocycles. The summed E-state index contributed by atoms with van der Waals surface area (Å²) in [4.78, 5) is 11.8. The van der Waals surface area contributed by atoms with Crippen LogP contribution in [0.25, 0.3) is 6.08 Å². The Morgan fingerprint density at radius 1 is 1.11 bits per heavy atom. The molecule has 18 heavy (non-hydrogen) atoms. The van der Waals surface area contributed by atoms with Crippen molar-refractivity contribution in [3.8, 4) is 0 Å². The molecule has 0 saturated heterocycles. The van der Waals surface area contributed by atoms with Gasteiger partial charge in [0.25, 0.3) is 0 Å². The molecular formula is C15H10ClFO. The zero-order valence-electron chi connectivity index (χ0n) is 9.44. The summed E-state index contributed by atoms with van der Waals surface area (Å²) in [6.45, 7) is 0. The number of hydrogen-bond acceptors (Lipinski definition) is 1. The second kappa shape index (κ2) is 5.61. The highest BCUT2D eigenvalue weighted by Crippen LogP contribution is 2.12. The minimum atomic E-state index is -0.298. The molecule has 1 nitrogen and oxygen atoms in total. The van der Waals surface area contributed by atoms with E-state index in [2.05, 4.69) is 0 Å². The predicted octanol–water partition coefficient (Wildman–Crippen LogP) is 4.38. The molecule has 0 amide bonds. The molecule has 0 aromatic heterocycles. The van der Waals surface area contributed by atoms with Gasteiger partial charge in [0.05, 0.1) is 0 Å². The fourth-order valence-electron chi connectivity index (χ4n) is 1.48. The summed E-state index contributed by atoms with van der Waals surface area (Å²) in [5.74, 6) is -0.435. The molecule has 0 aliphatic rings. The van der Waals surface area contributed by atoms with E-state index in [0.717, 1.165) is 5.56 Å². The molecule has 2 aromatic rings. The Balaban J connectivity index is 2.14. The monoisotopic (exact) mass is 260 g/mol. The third kappa shape index (κ3) is 3.28. The number of carbonyl (C=O) groups excluding carboxylic acids is 1. The van der Waals surface area contributed by atoms with Gasteiger partial charge < -0.3 is 0 Å². The number of halogens is 2. The summed E-state index contributed by atoms with van der Waals surface area (Å²) in [6, 6.07) is 12.7. The topological polar surface area (TPSA) is 17.1 Å². The van der Waals surface area contributed by atoms with Crippen LogP contribution >= 0.6 is 11.6 Å². The Morgan fingerprint density at radius 2 is 1.83 bits per heavy atom. The number of carbonyl (C=O) groups is 1. The standard InChI is InChI=1S/C15H10ClFO/c16-13-3-1-2-12(10-13)15(18)9-6-11-4-7-14(17)8-5-11/h1-10H/b9-6+. The normalized spacial score (nSPS) is 10.8. The largest absolute Gasteiger partial charge is 0.289 e. The van der Waals surface area contributed by atoms with Crippen molar-refractivity contribution in [3.63, 3.8) is 0 Å². The number of ketones is 1. The van der Waals surface area contributed by atoms with Crippen LogP contribution in [0.3, 0.4) is 0 Å². The van der Waals surface area contributed by atoms with Crippen molar-refractivity contribution >= 4 is 23.5 Å². The highest BCUT2D eigenvalue weighted by atomic mass is 35.5. The zero-order chi connectivity index (χ0) is 13.0. The van der Waals surface area contributed by atoms with Crippen LogP contribution in [0.2, 0.25) is 5.02 Å². The van der Waals surface area contributed by atoms with Crippen molar-refractivity contribution in [1.29, 1.82) is 0 Å². The molecule has 0 aliphatic heterocycles. The molecule has 0 N–H and O–H groups in total. The van der Waals surface area contributed by atoms with E-state index >= 15 is 0 Å². The Kier molecular flexibility index (Phi) is 3.90. The Morgan fingerprint density at radius 3 is 2.50 bits per heavy atom. The lowest BCUT2D eigenvalue weighted by molar-refractivity contribution is 0.104. The van der Waals surface area contributed by atoms with Crippen molar-refractivity contribution in [2.45, 2.75) is 0 Å². The van der Waals surface area contributed by atoms with E-state index in [-0.39, 0.29) is 11.6 Å². The van der Waals surface area contributed by atoms with Gasteiger partial charge in [-0.25, -0.2) is 4.39 Å². The molecule has 0 fully saturated rings. The van der Waals surface area contributed by atoms with E-state index in [1.165, 1.54) is 18.2 Å². The molecule has 2 rings (SSSR count). The average molecular weight is 261 g/mol. The SMILES string of the molecule is O=C(/C=C/c1ccc(F)cc1)c1cccc(Cl)c1. The molecule has 3 heteroatoms. The quantitative estimate of drug-likeness (QED) is 0.591. The molecule has 0 spiro atoms. The first-order chi connectivity index (χ1) is 8.65. The van der Waals surface area contributed by atoms with E-state index in [0.29, 0.717) is 10.6 Å². The van der Waals surface area contributed by atoms with Gasteiger partial charge in [0.1, 0.15) is 5.82 Å². The summed E-state index contributed by atoms with van der Waals surface area (Å²) in [5, 5.41) is 0.524. The summed E-state index contributed by atoms with van der Waals surface area (Å²) >= 11 is 5.81. The lowest BCUT2D eigenvalue weighted by Gasteiger charge is -1.96. The minimum Gasteiger partial charge on any atom is -0.289 e. The van der Waals surface area contributed by atoms with Crippen molar-refractivity contribution < 1.29 is 9.18 Å². The fourth-order valence-corrected chi connectivity index (χ4v) is 1.67. The van der Waals surface area contributed by atoms with Gasteiger partial charge in [0.2, 0.25) is 0 Å². The van der Waals surface area contributed by atoms with Gasteiger partial charge >= 0.3 is 0 Å². The van der Waals surface area contributed by atoms with Crippen LogP contribution in [0.15, 0.2) is 54.6 Å². The summed E-state index contributed by atoms with van der Waals surface area (Å²) in [5.41, 5.74) is 1.30. The molecule has 0 atom stereocenters. The van der Waals surface area contributed by atoms with Gasteiger partial charge in [-0.05, 0) is 35.9 Å². The predicted molar refractivity (Wildman–Crippen MR) is 71.2 cm³/mol. The maximum Gasteiger partial charge on any atom is 0.185 e. The third-order valence-corrected chi connectivity index (χ3v) is 2.64. The van der Waals surface area contributed by atoms with E-state index in [4.69, 9.17) is 11.6 Å². The maximum atomic E-state index is 12.7. The molecule has 0 saturated carbocycles.